The van der Waals surface area contributed by atoms with Gasteiger partial charge >= 0.3 is 0 Å². The average Bonchev–Trinajstić information content (AvgIpc) is 2.56. The number of halogens is 1. The summed E-state index contributed by atoms with van der Waals surface area (Å²) in [5.41, 5.74) is 6.12. The molecular formula is C19H20ClN3O2. The largest absolute Gasteiger partial charge is 0.325 e. The Labute approximate surface area is 152 Å². The normalized spacial score (nSPS) is 11.1. The molecule has 0 heterocycles. The first-order valence-electron chi connectivity index (χ1n) is 7.81. The molecule has 0 unspecified atom stereocenters. The number of carbonyl (C=O) groups is 2. The first-order chi connectivity index (χ1) is 11.8. The molecule has 0 radical (unpaired) electrons. The van der Waals surface area contributed by atoms with Crippen LogP contribution in [0.5, 0.6) is 0 Å². The highest BCUT2D eigenvalue weighted by Crippen LogP contribution is 2.20. The lowest BCUT2D eigenvalue weighted by Gasteiger charge is -2.09. The number of carbonyl (C=O) groups excluding carboxylic acids is 2. The zero-order chi connectivity index (χ0) is 18.4. The molecule has 0 aliphatic carbocycles. The average molecular weight is 358 g/mol. The van der Waals surface area contributed by atoms with Crippen molar-refractivity contribution in [2.45, 2.75) is 27.2 Å². The van der Waals surface area contributed by atoms with Crippen molar-refractivity contribution in [3.05, 3.63) is 64.2 Å². The van der Waals surface area contributed by atoms with Crippen LogP contribution in [0.25, 0.3) is 0 Å². The molecule has 2 aromatic rings. The molecule has 0 bridgehead atoms. The smallest absolute Gasteiger partial charge is 0.271 e. The molecule has 2 amide bonds. The second-order valence-corrected chi connectivity index (χ2v) is 6.27. The second kappa shape index (κ2) is 8.44. The van der Waals surface area contributed by atoms with E-state index < -0.39 is 0 Å². The van der Waals surface area contributed by atoms with E-state index >= 15 is 0 Å². The van der Waals surface area contributed by atoms with Crippen molar-refractivity contribution in [2.75, 3.05) is 5.32 Å². The second-order valence-electron chi connectivity index (χ2n) is 5.84. The van der Waals surface area contributed by atoms with Gasteiger partial charge < -0.3 is 5.32 Å². The van der Waals surface area contributed by atoms with E-state index in [2.05, 4.69) is 15.8 Å². The zero-order valence-electron chi connectivity index (χ0n) is 14.4. The Morgan fingerprint density at radius 1 is 1.08 bits per heavy atom. The molecule has 0 aliphatic rings. The molecule has 25 heavy (non-hydrogen) atoms. The predicted molar refractivity (Wildman–Crippen MR) is 101 cm³/mol. The molecule has 0 saturated heterocycles. The number of amides is 2. The molecule has 0 atom stereocenters. The Hall–Kier alpha value is -2.66. The number of benzene rings is 2. The summed E-state index contributed by atoms with van der Waals surface area (Å²) in [5.74, 6) is -0.540. The van der Waals surface area contributed by atoms with Crippen molar-refractivity contribution in [1.29, 1.82) is 0 Å². The van der Waals surface area contributed by atoms with Gasteiger partial charge in [0.15, 0.2) is 0 Å². The summed E-state index contributed by atoms with van der Waals surface area (Å²) in [6.45, 7) is 5.51. The molecule has 0 aliphatic heterocycles. The minimum absolute atomic E-state index is 0.0696. The van der Waals surface area contributed by atoms with Crippen molar-refractivity contribution in [3.63, 3.8) is 0 Å². The maximum atomic E-state index is 12.1. The maximum Gasteiger partial charge on any atom is 0.271 e. The van der Waals surface area contributed by atoms with Gasteiger partial charge in [0.25, 0.3) is 5.91 Å². The van der Waals surface area contributed by atoms with Gasteiger partial charge in [-0.25, -0.2) is 5.43 Å². The van der Waals surface area contributed by atoms with Crippen LogP contribution in [0.2, 0.25) is 5.02 Å². The van der Waals surface area contributed by atoms with E-state index in [-0.39, 0.29) is 18.2 Å². The van der Waals surface area contributed by atoms with Crippen molar-refractivity contribution >= 4 is 34.8 Å². The fraction of sp³-hybridized carbons (Fsp3) is 0.211. The van der Waals surface area contributed by atoms with Crippen LogP contribution in [0.15, 0.2) is 47.6 Å². The first kappa shape index (κ1) is 18.7. The fourth-order valence-corrected chi connectivity index (χ4v) is 2.28. The van der Waals surface area contributed by atoms with Gasteiger partial charge in [-0.2, -0.15) is 5.10 Å². The van der Waals surface area contributed by atoms with Crippen LogP contribution in [-0.2, 0) is 4.79 Å². The van der Waals surface area contributed by atoms with Crippen LogP contribution in [0, 0.1) is 13.8 Å². The number of hydrogen-bond donors (Lipinski definition) is 2. The summed E-state index contributed by atoms with van der Waals surface area (Å²) in [6.07, 6.45) is 0.0696. The van der Waals surface area contributed by atoms with Crippen LogP contribution in [0.3, 0.4) is 0 Å². The zero-order valence-corrected chi connectivity index (χ0v) is 15.1. The highest BCUT2D eigenvalue weighted by Gasteiger charge is 2.08. The van der Waals surface area contributed by atoms with Gasteiger partial charge in [0, 0.05) is 22.0 Å². The number of nitrogens with zero attached hydrogens (tertiary/aromatic N) is 1. The van der Waals surface area contributed by atoms with E-state index in [0.29, 0.717) is 22.0 Å². The molecular weight excluding hydrogens is 338 g/mol. The van der Waals surface area contributed by atoms with E-state index in [1.54, 1.807) is 31.2 Å². The lowest BCUT2D eigenvalue weighted by molar-refractivity contribution is -0.115. The van der Waals surface area contributed by atoms with Crippen LogP contribution in [0.1, 0.15) is 34.8 Å². The van der Waals surface area contributed by atoms with Crippen LogP contribution >= 0.6 is 11.6 Å². The molecule has 6 heteroatoms. The number of nitrogens with one attached hydrogen (secondary N) is 2. The summed E-state index contributed by atoms with van der Waals surface area (Å²) < 4.78 is 0. The molecule has 2 N–H and O–H groups in total. The van der Waals surface area contributed by atoms with Crippen LogP contribution in [-0.4, -0.2) is 17.5 Å². The topological polar surface area (TPSA) is 70.6 Å². The summed E-state index contributed by atoms with van der Waals surface area (Å²) in [6, 6.07) is 12.5. The van der Waals surface area contributed by atoms with Gasteiger partial charge in [-0.3, -0.25) is 9.59 Å². The third-order valence-corrected chi connectivity index (χ3v) is 3.79. The van der Waals surface area contributed by atoms with Crippen molar-refractivity contribution < 1.29 is 9.59 Å². The van der Waals surface area contributed by atoms with Gasteiger partial charge in [0.2, 0.25) is 5.91 Å². The van der Waals surface area contributed by atoms with E-state index in [1.165, 1.54) is 0 Å². The van der Waals surface area contributed by atoms with Gasteiger partial charge in [-0.05, 0) is 50.6 Å². The summed E-state index contributed by atoms with van der Waals surface area (Å²) in [4.78, 5) is 24.1. The molecule has 0 spiro atoms. The third-order valence-electron chi connectivity index (χ3n) is 3.55. The van der Waals surface area contributed by atoms with Gasteiger partial charge in [0.05, 0.1) is 6.42 Å². The Bertz CT molecular complexity index is 814. The molecule has 0 fully saturated rings. The number of aryl methyl sites for hydroxylation is 2. The molecule has 5 nitrogen and oxygen atoms in total. The monoisotopic (exact) mass is 357 g/mol. The Morgan fingerprint density at radius 2 is 1.76 bits per heavy atom. The molecule has 0 aromatic heterocycles. The maximum absolute atomic E-state index is 12.1. The van der Waals surface area contributed by atoms with Crippen LogP contribution in [0.4, 0.5) is 5.69 Å². The standard InChI is InChI=1S/C19H20ClN3O2/c1-12-4-7-15(8-5-12)19(25)23-22-14(3)10-18(24)21-17-11-16(20)9-6-13(17)2/h4-9,11H,10H2,1-3H3,(H,21,24)(H,23,25)/b22-14+. The summed E-state index contributed by atoms with van der Waals surface area (Å²) in [5, 5.41) is 7.32. The van der Waals surface area contributed by atoms with Crippen molar-refractivity contribution in [3.8, 4) is 0 Å². The van der Waals surface area contributed by atoms with E-state index in [1.807, 2.05) is 32.0 Å². The van der Waals surface area contributed by atoms with E-state index in [9.17, 15) is 9.59 Å². The summed E-state index contributed by atoms with van der Waals surface area (Å²) in [7, 11) is 0. The van der Waals surface area contributed by atoms with E-state index in [0.717, 1.165) is 11.1 Å². The Morgan fingerprint density at radius 3 is 2.44 bits per heavy atom. The third kappa shape index (κ3) is 5.72. The lowest BCUT2D eigenvalue weighted by Crippen LogP contribution is -2.21. The fourth-order valence-electron chi connectivity index (χ4n) is 2.11. The predicted octanol–water partition coefficient (Wildman–Crippen LogP) is 4.09. The lowest BCUT2D eigenvalue weighted by atomic mass is 10.1. The quantitative estimate of drug-likeness (QED) is 0.625. The molecule has 0 saturated carbocycles. The highest BCUT2D eigenvalue weighted by atomic mass is 35.5. The molecule has 2 rings (SSSR count). The SMILES string of the molecule is C/C(CC(=O)Nc1cc(Cl)ccc1C)=N\NC(=O)c1ccc(C)cc1. The number of rotatable bonds is 5. The van der Waals surface area contributed by atoms with Crippen molar-refractivity contribution in [1.82, 2.24) is 5.43 Å². The van der Waals surface area contributed by atoms with Gasteiger partial charge in [-0.1, -0.05) is 35.4 Å². The van der Waals surface area contributed by atoms with Gasteiger partial charge in [-0.15, -0.1) is 0 Å². The number of anilines is 1. The van der Waals surface area contributed by atoms with Crippen molar-refractivity contribution in [2.24, 2.45) is 5.10 Å². The van der Waals surface area contributed by atoms with E-state index in [4.69, 9.17) is 11.6 Å². The summed E-state index contributed by atoms with van der Waals surface area (Å²) >= 11 is 5.94. The minimum Gasteiger partial charge on any atom is -0.325 e. The first-order valence-corrected chi connectivity index (χ1v) is 8.19. The van der Waals surface area contributed by atoms with Crippen LogP contribution < -0.4 is 10.7 Å². The Kier molecular flexibility index (Phi) is 6.31. The molecule has 2 aromatic carbocycles. The number of hydrazone groups is 1. The van der Waals surface area contributed by atoms with Gasteiger partial charge in [0.1, 0.15) is 0 Å². The minimum atomic E-state index is -0.314. The highest BCUT2D eigenvalue weighted by molar-refractivity contribution is 6.31. The molecule has 130 valence electrons. The number of hydrogen-bond acceptors (Lipinski definition) is 3. The Balaban J connectivity index is 1.91.